The molecule has 3 aromatic carbocycles. The maximum absolute atomic E-state index is 5.80. The lowest BCUT2D eigenvalue weighted by molar-refractivity contribution is 0.461. The number of fused-ring (bicyclic) bond motifs is 3. The summed E-state index contributed by atoms with van der Waals surface area (Å²) in [5, 5.41) is 2.36. The van der Waals surface area contributed by atoms with E-state index in [1.165, 1.54) is 5.39 Å². The highest BCUT2D eigenvalue weighted by atomic mass is 16.6. The van der Waals surface area contributed by atoms with Crippen molar-refractivity contribution < 1.29 is 9.31 Å². The molecule has 4 aromatic rings. The standard InChI is InChI=1S/C18H14BNO2/c1-2-7-13(8-3-1)21-19-22-17-12-6-10-15-14-9-4-5-11-16(14)20-18(15)17/h1-12,19-20H. The van der Waals surface area contributed by atoms with Crippen LogP contribution in [-0.2, 0) is 0 Å². The number of rotatable bonds is 4. The highest BCUT2D eigenvalue weighted by Crippen LogP contribution is 2.31. The summed E-state index contributed by atoms with van der Waals surface area (Å²) in [4.78, 5) is 3.41. The van der Waals surface area contributed by atoms with Crippen LogP contribution in [0.5, 0.6) is 11.5 Å². The SMILES string of the molecule is B(Oc1ccccc1)Oc1cccc2c1[nH]c1ccccc12. The quantitative estimate of drug-likeness (QED) is 0.575. The van der Waals surface area contributed by atoms with Crippen molar-refractivity contribution >= 4 is 29.5 Å². The topological polar surface area (TPSA) is 34.2 Å². The zero-order chi connectivity index (χ0) is 14.8. The van der Waals surface area contributed by atoms with E-state index in [1.54, 1.807) is 0 Å². The van der Waals surface area contributed by atoms with Crippen LogP contribution in [0.4, 0.5) is 0 Å². The van der Waals surface area contributed by atoms with E-state index in [0.29, 0.717) is 0 Å². The van der Waals surface area contributed by atoms with Crippen LogP contribution < -0.4 is 9.31 Å². The van der Waals surface area contributed by atoms with Gasteiger partial charge < -0.3 is 14.3 Å². The highest BCUT2D eigenvalue weighted by Gasteiger charge is 2.09. The summed E-state index contributed by atoms with van der Waals surface area (Å²) in [6.07, 6.45) is 0. The molecule has 0 aliphatic heterocycles. The number of aromatic amines is 1. The lowest BCUT2D eigenvalue weighted by Gasteiger charge is -2.08. The molecule has 1 aromatic heterocycles. The molecule has 0 spiro atoms. The van der Waals surface area contributed by atoms with E-state index in [9.17, 15) is 0 Å². The van der Waals surface area contributed by atoms with Gasteiger partial charge in [-0.15, -0.1) is 0 Å². The largest absolute Gasteiger partial charge is 0.576 e. The molecule has 0 bridgehead atoms. The van der Waals surface area contributed by atoms with Crippen molar-refractivity contribution in [3.8, 4) is 11.5 Å². The van der Waals surface area contributed by atoms with Crippen molar-refractivity contribution in [2.75, 3.05) is 0 Å². The third-order valence-corrected chi connectivity index (χ3v) is 3.69. The maximum atomic E-state index is 5.80. The van der Waals surface area contributed by atoms with Gasteiger partial charge in [0.25, 0.3) is 0 Å². The fourth-order valence-electron chi connectivity index (χ4n) is 2.64. The molecule has 0 atom stereocenters. The van der Waals surface area contributed by atoms with Crippen LogP contribution in [-0.4, -0.2) is 12.7 Å². The Morgan fingerprint density at radius 3 is 2.36 bits per heavy atom. The molecule has 1 N–H and O–H groups in total. The Morgan fingerprint density at radius 2 is 1.45 bits per heavy atom. The van der Waals surface area contributed by atoms with E-state index in [2.05, 4.69) is 23.2 Å². The second-order valence-corrected chi connectivity index (χ2v) is 5.07. The Balaban J connectivity index is 1.61. The molecule has 22 heavy (non-hydrogen) atoms. The van der Waals surface area contributed by atoms with Crippen LogP contribution in [0.2, 0.25) is 0 Å². The fourth-order valence-corrected chi connectivity index (χ4v) is 2.64. The molecular formula is C18H14BNO2. The molecule has 4 heteroatoms. The summed E-state index contributed by atoms with van der Waals surface area (Å²) in [5.41, 5.74) is 2.11. The zero-order valence-electron chi connectivity index (χ0n) is 12.0. The number of hydrogen-bond acceptors (Lipinski definition) is 2. The van der Waals surface area contributed by atoms with E-state index < -0.39 is 0 Å². The number of H-pyrrole nitrogens is 1. The molecule has 0 saturated heterocycles. The number of aromatic nitrogens is 1. The minimum atomic E-state index is 0.179. The molecule has 106 valence electrons. The van der Waals surface area contributed by atoms with Gasteiger partial charge in [-0.2, -0.15) is 0 Å². The fraction of sp³-hybridized carbons (Fsp3) is 0. The summed E-state index contributed by atoms with van der Waals surface area (Å²) in [7, 11) is 0.179. The summed E-state index contributed by atoms with van der Waals surface area (Å²) < 4.78 is 11.4. The predicted molar refractivity (Wildman–Crippen MR) is 90.7 cm³/mol. The normalized spacial score (nSPS) is 10.7. The van der Waals surface area contributed by atoms with Gasteiger partial charge in [-0.1, -0.05) is 48.5 Å². The zero-order valence-corrected chi connectivity index (χ0v) is 12.0. The molecular weight excluding hydrogens is 273 g/mol. The Kier molecular flexibility index (Phi) is 3.20. The Bertz CT molecular complexity index is 918. The van der Waals surface area contributed by atoms with Crippen molar-refractivity contribution in [3.05, 3.63) is 72.8 Å². The molecule has 0 aliphatic carbocycles. The van der Waals surface area contributed by atoms with Crippen LogP contribution >= 0.6 is 0 Å². The van der Waals surface area contributed by atoms with Gasteiger partial charge in [0.1, 0.15) is 11.5 Å². The Labute approximate surface area is 128 Å². The summed E-state index contributed by atoms with van der Waals surface area (Å²) in [6.45, 7) is 0. The van der Waals surface area contributed by atoms with E-state index in [1.807, 2.05) is 54.6 Å². The second-order valence-electron chi connectivity index (χ2n) is 5.07. The van der Waals surface area contributed by atoms with Gasteiger partial charge in [0.05, 0.1) is 5.52 Å². The van der Waals surface area contributed by atoms with E-state index in [4.69, 9.17) is 9.31 Å². The van der Waals surface area contributed by atoms with Gasteiger partial charge >= 0.3 is 7.69 Å². The molecule has 0 saturated carbocycles. The third kappa shape index (κ3) is 2.29. The molecule has 0 amide bonds. The lowest BCUT2D eigenvalue weighted by atomic mass is 10.1. The van der Waals surface area contributed by atoms with E-state index in [0.717, 1.165) is 27.9 Å². The number of nitrogens with one attached hydrogen (secondary N) is 1. The Hall–Kier alpha value is -2.88. The van der Waals surface area contributed by atoms with Crippen molar-refractivity contribution in [1.82, 2.24) is 4.98 Å². The van der Waals surface area contributed by atoms with Crippen molar-refractivity contribution in [2.24, 2.45) is 0 Å². The molecule has 0 aliphatic rings. The molecule has 0 fully saturated rings. The monoisotopic (exact) mass is 287 g/mol. The third-order valence-electron chi connectivity index (χ3n) is 3.69. The summed E-state index contributed by atoms with van der Waals surface area (Å²) in [5.74, 6) is 1.59. The average Bonchev–Trinajstić information content (AvgIpc) is 2.96. The molecule has 4 rings (SSSR count). The summed E-state index contributed by atoms with van der Waals surface area (Å²) >= 11 is 0. The van der Waals surface area contributed by atoms with Crippen LogP contribution in [0.3, 0.4) is 0 Å². The first kappa shape index (κ1) is 12.8. The first-order valence-corrected chi connectivity index (χ1v) is 7.22. The van der Waals surface area contributed by atoms with Gasteiger partial charge in [0, 0.05) is 16.3 Å². The number of para-hydroxylation sites is 3. The van der Waals surface area contributed by atoms with Crippen LogP contribution in [0, 0.1) is 0 Å². The van der Waals surface area contributed by atoms with Crippen LogP contribution in [0.15, 0.2) is 72.8 Å². The molecule has 0 radical (unpaired) electrons. The first-order chi connectivity index (χ1) is 10.9. The minimum absolute atomic E-state index is 0.179. The maximum Gasteiger partial charge on any atom is 0.576 e. The molecule has 0 unspecified atom stereocenters. The smallest absolute Gasteiger partial charge is 0.529 e. The van der Waals surface area contributed by atoms with Crippen molar-refractivity contribution in [1.29, 1.82) is 0 Å². The average molecular weight is 287 g/mol. The minimum Gasteiger partial charge on any atom is -0.529 e. The first-order valence-electron chi connectivity index (χ1n) is 7.22. The van der Waals surface area contributed by atoms with E-state index >= 15 is 0 Å². The van der Waals surface area contributed by atoms with Gasteiger partial charge in [-0.25, -0.2) is 0 Å². The number of hydrogen-bond donors (Lipinski definition) is 1. The van der Waals surface area contributed by atoms with Crippen LogP contribution in [0.1, 0.15) is 0 Å². The van der Waals surface area contributed by atoms with Gasteiger partial charge in [0.2, 0.25) is 0 Å². The molecule has 3 nitrogen and oxygen atoms in total. The van der Waals surface area contributed by atoms with E-state index in [-0.39, 0.29) is 7.69 Å². The predicted octanol–water partition coefficient (Wildman–Crippen LogP) is 4.05. The van der Waals surface area contributed by atoms with Gasteiger partial charge in [-0.3, -0.25) is 0 Å². The lowest BCUT2D eigenvalue weighted by Crippen LogP contribution is -2.10. The van der Waals surface area contributed by atoms with Gasteiger partial charge in [-0.05, 0) is 24.3 Å². The van der Waals surface area contributed by atoms with Crippen LogP contribution in [0.25, 0.3) is 21.8 Å². The van der Waals surface area contributed by atoms with Crippen molar-refractivity contribution in [3.63, 3.8) is 0 Å². The second kappa shape index (κ2) is 5.49. The van der Waals surface area contributed by atoms with Gasteiger partial charge in [0.15, 0.2) is 0 Å². The van der Waals surface area contributed by atoms with Crippen molar-refractivity contribution in [2.45, 2.75) is 0 Å². The summed E-state index contributed by atoms with van der Waals surface area (Å²) in [6, 6.07) is 23.9. The number of benzene rings is 3. The molecule has 1 heterocycles. The Morgan fingerprint density at radius 1 is 0.682 bits per heavy atom. The highest BCUT2D eigenvalue weighted by molar-refractivity contribution is 6.21.